The summed E-state index contributed by atoms with van der Waals surface area (Å²) in [6, 6.07) is 29.2. The van der Waals surface area contributed by atoms with Crippen molar-refractivity contribution in [1.29, 1.82) is 0 Å². The minimum atomic E-state index is -7.43. The predicted octanol–water partition coefficient (Wildman–Crippen LogP) is 8.13. The highest BCUT2D eigenvalue weighted by Gasteiger charge is 2.83. The highest BCUT2D eigenvalue weighted by atomic mass is 32.2. The molecule has 0 aliphatic rings. The van der Waals surface area contributed by atoms with Crippen molar-refractivity contribution in [3.05, 3.63) is 114 Å². The molecule has 0 N–H and O–H groups in total. The van der Waals surface area contributed by atoms with Gasteiger partial charge >= 0.3 is 23.3 Å². The molecule has 1 unspecified atom stereocenters. The summed E-state index contributed by atoms with van der Waals surface area (Å²) in [7, 11) is -4.59. The van der Waals surface area contributed by atoms with Crippen LogP contribution < -0.4 is 9.47 Å². The van der Waals surface area contributed by atoms with Crippen LogP contribution in [-0.2, 0) is 21.0 Å². The van der Waals surface area contributed by atoms with Crippen molar-refractivity contribution in [2.24, 2.45) is 0 Å². The molecule has 1 atom stereocenters. The molecule has 0 radical (unpaired) electrons. The molecule has 0 aliphatic heterocycles. The molecule has 4 rings (SSSR count). The molecular weight excluding hydrogens is 722 g/mol. The molecule has 0 amide bonds. The topological polar surface area (TPSA) is 92.7 Å². The van der Waals surface area contributed by atoms with Gasteiger partial charge in [0.25, 0.3) is 0 Å². The van der Waals surface area contributed by atoms with E-state index >= 15 is 0 Å². The fourth-order valence-corrected chi connectivity index (χ4v) is 6.53. The Morgan fingerprint density at radius 1 is 0.673 bits per heavy atom. The number of benzene rings is 4. The first-order chi connectivity index (χ1) is 22.6. The molecule has 0 aliphatic carbocycles. The first-order valence-corrected chi connectivity index (χ1v) is 15.8. The van der Waals surface area contributed by atoms with Gasteiger partial charge in [0.1, 0.15) is 22.5 Å². The fraction of sp³-hybridized carbons (Fsp3) is 0.194. The summed E-state index contributed by atoms with van der Waals surface area (Å²) in [6.45, 7) is 0. The van der Waals surface area contributed by atoms with Crippen molar-refractivity contribution in [3.63, 3.8) is 0 Å². The fourth-order valence-electron chi connectivity index (χ4n) is 3.92. The zero-order valence-electron chi connectivity index (χ0n) is 24.8. The molecule has 49 heavy (non-hydrogen) atoms. The molecule has 0 heterocycles. The molecule has 264 valence electrons. The number of ketones is 1. The lowest BCUT2D eigenvalue weighted by molar-refractivity contribution is -0.382. The number of rotatable bonds is 10. The van der Waals surface area contributed by atoms with E-state index in [-0.39, 0.29) is 11.6 Å². The Balaban J connectivity index is 0.000000326. The monoisotopic (exact) mass is 744 g/mol. The van der Waals surface area contributed by atoms with Crippen molar-refractivity contribution in [1.82, 2.24) is 0 Å². The van der Waals surface area contributed by atoms with Gasteiger partial charge in [0.05, 0.1) is 14.2 Å². The third-order valence-corrected chi connectivity index (χ3v) is 9.61. The number of alkyl halides is 9. The molecule has 0 spiro atoms. The van der Waals surface area contributed by atoms with Gasteiger partial charge in [0.2, 0.25) is 4.90 Å². The third kappa shape index (κ3) is 8.13. The van der Waals surface area contributed by atoms with Crippen LogP contribution in [0.3, 0.4) is 0 Å². The number of halogens is 10. The summed E-state index contributed by atoms with van der Waals surface area (Å²) in [4.78, 5) is 16.0. The van der Waals surface area contributed by atoms with E-state index in [4.69, 9.17) is 9.47 Å². The maximum Gasteiger partial charge on any atom is 0.460 e. The Morgan fingerprint density at radius 2 is 1.16 bits per heavy atom. The van der Waals surface area contributed by atoms with Crippen LogP contribution in [0.4, 0.5) is 43.9 Å². The Hall–Kier alpha value is -4.29. The number of methoxy groups -OCH3 is 2. The van der Waals surface area contributed by atoms with E-state index < -0.39 is 44.3 Å². The quantitative estimate of drug-likeness (QED) is 0.0705. The number of carbonyl (C=O) groups is 1. The van der Waals surface area contributed by atoms with Crippen LogP contribution >= 0.6 is 0 Å². The number of hydrogen-bond donors (Lipinski definition) is 0. The van der Waals surface area contributed by atoms with Crippen LogP contribution in [0.15, 0.2) is 112 Å². The highest BCUT2D eigenvalue weighted by Crippen LogP contribution is 2.54. The number of carbonyl (C=O) groups excluding carboxylic acids is 1. The van der Waals surface area contributed by atoms with Crippen molar-refractivity contribution < 1.29 is 71.1 Å². The first kappa shape index (κ1) is 39.2. The molecule has 4 aromatic carbocycles. The molecule has 0 saturated heterocycles. The molecule has 0 fully saturated rings. The Morgan fingerprint density at radius 3 is 1.61 bits per heavy atom. The minimum Gasteiger partial charge on any atom is -0.743 e. The smallest absolute Gasteiger partial charge is 0.460 e. The summed E-state index contributed by atoms with van der Waals surface area (Å²) >= 11 is 0. The standard InChI is InChI=1S/C27H22FO3S.C4HF9O3S/c1-30-22-14-17-26(25(18-22)31-2)32(23-6-4-3-5-7-23)24-15-10-20(11-16-24)27(29)19-8-12-21(28)13-9-19;5-1(6,3(9,10)11)2(7,8)4(12,13)17(14,15)16/h3-18H,1-2H3;(H,14,15,16)/q+1;/p-1. The number of hydrogen-bond acceptors (Lipinski definition) is 6. The number of ether oxygens (including phenoxy) is 2. The van der Waals surface area contributed by atoms with Gasteiger partial charge in [0.15, 0.2) is 31.4 Å². The Bertz CT molecular complexity index is 1850. The van der Waals surface area contributed by atoms with Crippen LogP contribution in [0.1, 0.15) is 15.9 Å². The zero-order valence-corrected chi connectivity index (χ0v) is 26.4. The summed E-state index contributed by atoms with van der Waals surface area (Å²) in [6.07, 6.45) is -7.16. The van der Waals surface area contributed by atoms with E-state index in [2.05, 4.69) is 12.1 Å². The second-order valence-electron chi connectivity index (χ2n) is 9.61. The van der Waals surface area contributed by atoms with E-state index in [1.165, 1.54) is 24.3 Å². The maximum absolute atomic E-state index is 13.2. The molecular formula is C31H22F10O6S2. The van der Waals surface area contributed by atoms with E-state index in [1.54, 1.807) is 14.2 Å². The second kappa shape index (κ2) is 14.7. The van der Waals surface area contributed by atoms with Gasteiger partial charge in [-0.3, -0.25) is 4.79 Å². The molecule has 6 nitrogen and oxygen atoms in total. The summed E-state index contributed by atoms with van der Waals surface area (Å²) < 4.78 is 160. The van der Waals surface area contributed by atoms with Gasteiger partial charge in [-0.15, -0.1) is 0 Å². The highest BCUT2D eigenvalue weighted by molar-refractivity contribution is 7.97. The molecule has 0 bridgehead atoms. The van der Waals surface area contributed by atoms with Crippen LogP contribution in [0, 0.1) is 5.82 Å². The maximum atomic E-state index is 13.2. The van der Waals surface area contributed by atoms with E-state index in [9.17, 15) is 61.7 Å². The molecule has 0 saturated carbocycles. The van der Waals surface area contributed by atoms with E-state index in [0.29, 0.717) is 11.1 Å². The molecule has 4 aromatic rings. The van der Waals surface area contributed by atoms with Crippen LogP contribution in [0.5, 0.6) is 11.5 Å². The average molecular weight is 745 g/mol. The minimum absolute atomic E-state index is 0.141. The van der Waals surface area contributed by atoms with Gasteiger partial charge in [-0.1, -0.05) is 18.2 Å². The summed E-state index contributed by atoms with van der Waals surface area (Å²) in [5.41, 5.74) is 1.01. The van der Waals surface area contributed by atoms with Crippen LogP contribution in [-0.4, -0.2) is 56.2 Å². The lowest BCUT2D eigenvalue weighted by Gasteiger charge is -2.34. The van der Waals surface area contributed by atoms with Gasteiger partial charge in [-0.25, -0.2) is 12.8 Å². The largest absolute Gasteiger partial charge is 0.743 e. The van der Waals surface area contributed by atoms with Gasteiger partial charge in [-0.05, 0) is 66.7 Å². The lowest BCUT2D eigenvalue weighted by Crippen LogP contribution is -2.63. The Labute approximate surface area is 275 Å². The Kier molecular flexibility index (Phi) is 11.7. The van der Waals surface area contributed by atoms with E-state index in [0.717, 1.165) is 26.2 Å². The van der Waals surface area contributed by atoms with Crippen molar-refractivity contribution >= 4 is 26.8 Å². The van der Waals surface area contributed by atoms with Crippen molar-refractivity contribution in [3.8, 4) is 11.5 Å². The van der Waals surface area contributed by atoms with Crippen molar-refractivity contribution in [2.45, 2.75) is 38.0 Å². The van der Waals surface area contributed by atoms with E-state index in [1.807, 2.05) is 60.7 Å². The van der Waals surface area contributed by atoms with Crippen LogP contribution in [0.2, 0.25) is 0 Å². The van der Waals surface area contributed by atoms with Gasteiger partial charge in [-0.2, -0.15) is 39.5 Å². The predicted molar refractivity (Wildman–Crippen MR) is 155 cm³/mol. The first-order valence-electron chi connectivity index (χ1n) is 13.2. The zero-order chi connectivity index (χ0) is 37.0. The SMILES string of the molecule is COc1ccc([S+](c2ccccc2)c2ccc(C(=O)c3ccc(F)cc3)cc2)c(OC)c1.O=S(=O)([O-])C(F)(F)C(F)(F)C(F)(F)C(F)(F)F. The lowest BCUT2D eigenvalue weighted by atomic mass is 10.0. The van der Waals surface area contributed by atoms with Crippen LogP contribution in [0.25, 0.3) is 0 Å². The summed E-state index contributed by atoms with van der Waals surface area (Å²) in [5.74, 6) is -13.9. The normalized spacial score (nSPS) is 13.2. The third-order valence-electron chi connectivity index (χ3n) is 6.46. The average Bonchev–Trinajstić information content (AvgIpc) is 3.05. The second-order valence-corrected chi connectivity index (χ2v) is 13.0. The summed E-state index contributed by atoms with van der Waals surface area (Å²) in [5, 5.41) is -7.11. The van der Waals surface area contributed by atoms with Gasteiger partial charge in [0, 0.05) is 23.3 Å². The molecule has 18 heteroatoms. The van der Waals surface area contributed by atoms with Crippen molar-refractivity contribution in [2.75, 3.05) is 14.2 Å². The molecule has 0 aromatic heterocycles. The van der Waals surface area contributed by atoms with Gasteiger partial charge < -0.3 is 14.0 Å².